The van der Waals surface area contributed by atoms with Gasteiger partial charge in [0.1, 0.15) is 9.84 Å². The predicted molar refractivity (Wildman–Crippen MR) is 79.6 cm³/mol. The average molecular weight is 298 g/mol. The van der Waals surface area contributed by atoms with Gasteiger partial charge in [0.15, 0.2) is 5.82 Å². The molecule has 2 heterocycles. The maximum atomic E-state index is 11.0. The molecule has 0 radical (unpaired) electrons. The van der Waals surface area contributed by atoms with Gasteiger partial charge in [-0.25, -0.2) is 8.42 Å². The smallest absolute Gasteiger partial charge is 0.151 e. The molecule has 0 bridgehead atoms. The Hall–Kier alpha value is -1.21. The second-order valence-electron chi connectivity index (χ2n) is 5.26. The summed E-state index contributed by atoms with van der Waals surface area (Å²) < 4.78 is 22.1. The molecular weight excluding hydrogens is 276 g/mol. The minimum Gasteiger partial charge on any atom is -0.351 e. The molecule has 1 atom stereocenters. The minimum absolute atomic E-state index is 0.249. The number of aromatic nitrogens is 2. The molecule has 1 N–H and O–H groups in total. The number of hydrogen-bond donors (Lipinski definition) is 1. The fourth-order valence-electron chi connectivity index (χ4n) is 2.52. The van der Waals surface area contributed by atoms with E-state index >= 15 is 0 Å². The van der Waals surface area contributed by atoms with Gasteiger partial charge in [-0.1, -0.05) is 0 Å². The molecule has 112 valence electrons. The lowest BCUT2D eigenvalue weighted by Gasteiger charge is -2.25. The van der Waals surface area contributed by atoms with Crippen molar-refractivity contribution in [1.82, 2.24) is 15.5 Å². The molecule has 1 aliphatic rings. The normalized spacial score (nSPS) is 19.4. The second-order valence-corrected chi connectivity index (χ2v) is 7.52. The van der Waals surface area contributed by atoms with Gasteiger partial charge in [0.25, 0.3) is 0 Å². The first-order chi connectivity index (χ1) is 9.56. The fourth-order valence-corrected chi connectivity index (χ4v) is 3.19. The fraction of sp³-hybridized carbons (Fsp3) is 0.692. The summed E-state index contributed by atoms with van der Waals surface area (Å²) in [5.41, 5.74) is 0. The number of nitrogens with one attached hydrogen (secondary N) is 1. The van der Waals surface area contributed by atoms with E-state index in [1.54, 1.807) is 6.20 Å². The molecule has 2 rings (SSSR count). The molecule has 7 heteroatoms. The van der Waals surface area contributed by atoms with E-state index in [0.29, 0.717) is 12.5 Å². The molecule has 1 aromatic heterocycles. The van der Waals surface area contributed by atoms with Crippen LogP contribution in [0, 0.1) is 0 Å². The van der Waals surface area contributed by atoms with Crippen LogP contribution in [0.3, 0.4) is 0 Å². The Morgan fingerprint density at radius 3 is 3.05 bits per heavy atom. The first kappa shape index (κ1) is 15.2. The lowest BCUT2D eigenvalue weighted by atomic mass is 10.2. The van der Waals surface area contributed by atoms with Crippen LogP contribution in [0.4, 0.5) is 5.82 Å². The number of rotatable bonds is 7. The van der Waals surface area contributed by atoms with E-state index in [2.05, 4.69) is 20.4 Å². The Morgan fingerprint density at radius 2 is 2.35 bits per heavy atom. The highest BCUT2D eigenvalue weighted by Crippen LogP contribution is 2.22. The van der Waals surface area contributed by atoms with Crippen LogP contribution < -0.4 is 10.2 Å². The van der Waals surface area contributed by atoms with Gasteiger partial charge in [-0.2, -0.15) is 5.10 Å². The number of hydrogen-bond acceptors (Lipinski definition) is 6. The van der Waals surface area contributed by atoms with Crippen LogP contribution in [-0.4, -0.2) is 56.3 Å². The summed E-state index contributed by atoms with van der Waals surface area (Å²) >= 11 is 0. The highest BCUT2D eigenvalue weighted by atomic mass is 32.2. The zero-order valence-electron chi connectivity index (χ0n) is 11.8. The van der Waals surface area contributed by atoms with E-state index in [1.807, 2.05) is 12.1 Å². The summed E-state index contributed by atoms with van der Waals surface area (Å²) in [5.74, 6) is 1.17. The van der Waals surface area contributed by atoms with Crippen LogP contribution in [0.5, 0.6) is 0 Å². The van der Waals surface area contributed by atoms with Crippen LogP contribution in [0.2, 0.25) is 0 Å². The summed E-state index contributed by atoms with van der Waals surface area (Å²) in [4.78, 5) is 2.27. The van der Waals surface area contributed by atoms with Gasteiger partial charge in [-0.05, 0) is 37.9 Å². The van der Waals surface area contributed by atoms with Crippen LogP contribution in [0.15, 0.2) is 18.3 Å². The molecular formula is C13H22N4O2S. The van der Waals surface area contributed by atoms with E-state index in [1.165, 1.54) is 6.26 Å². The number of anilines is 1. The molecule has 20 heavy (non-hydrogen) atoms. The highest BCUT2D eigenvalue weighted by molar-refractivity contribution is 7.90. The van der Waals surface area contributed by atoms with Crippen molar-refractivity contribution in [3.05, 3.63) is 18.3 Å². The molecule has 0 amide bonds. The Kier molecular flexibility index (Phi) is 5.31. The van der Waals surface area contributed by atoms with E-state index in [0.717, 1.165) is 38.3 Å². The Labute approximate surface area is 120 Å². The minimum atomic E-state index is -2.85. The van der Waals surface area contributed by atoms with Crippen molar-refractivity contribution in [2.75, 3.05) is 36.5 Å². The summed E-state index contributed by atoms with van der Waals surface area (Å²) in [6.07, 6.45) is 5.91. The molecule has 1 saturated heterocycles. The lowest BCUT2D eigenvalue weighted by molar-refractivity contribution is 0.562. The van der Waals surface area contributed by atoms with Crippen LogP contribution in [0.1, 0.15) is 19.3 Å². The van der Waals surface area contributed by atoms with E-state index in [4.69, 9.17) is 0 Å². The lowest BCUT2D eigenvalue weighted by Crippen LogP contribution is -2.39. The molecule has 0 spiro atoms. The second kappa shape index (κ2) is 6.99. The van der Waals surface area contributed by atoms with Crippen molar-refractivity contribution >= 4 is 15.7 Å². The van der Waals surface area contributed by atoms with Gasteiger partial charge in [-0.15, -0.1) is 5.10 Å². The molecule has 0 unspecified atom stereocenters. The zero-order valence-corrected chi connectivity index (χ0v) is 12.6. The first-order valence-electron chi connectivity index (χ1n) is 6.99. The molecule has 0 aliphatic carbocycles. The van der Waals surface area contributed by atoms with Crippen LogP contribution >= 0.6 is 0 Å². The largest absolute Gasteiger partial charge is 0.351 e. The summed E-state index contributed by atoms with van der Waals surface area (Å²) in [5, 5.41) is 11.4. The first-order valence-corrected chi connectivity index (χ1v) is 9.05. The number of nitrogens with zero attached hydrogens (tertiary/aromatic N) is 3. The third kappa shape index (κ3) is 4.72. The maximum Gasteiger partial charge on any atom is 0.151 e. The Morgan fingerprint density at radius 1 is 1.50 bits per heavy atom. The highest BCUT2D eigenvalue weighted by Gasteiger charge is 2.25. The van der Waals surface area contributed by atoms with Gasteiger partial charge >= 0.3 is 0 Å². The molecule has 0 aromatic carbocycles. The van der Waals surface area contributed by atoms with Crippen molar-refractivity contribution in [1.29, 1.82) is 0 Å². The molecule has 1 fully saturated rings. The predicted octanol–water partition coefficient (Wildman–Crippen LogP) is 0.470. The van der Waals surface area contributed by atoms with Gasteiger partial charge in [0.05, 0.1) is 5.75 Å². The van der Waals surface area contributed by atoms with Gasteiger partial charge < -0.3 is 10.2 Å². The van der Waals surface area contributed by atoms with Crippen molar-refractivity contribution < 1.29 is 8.42 Å². The average Bonchev–Trinajstić information content (AvgIpc) is 2.86. The molecule has 1 aromatic rings. The van der Waals surface area contributed by atoms with E-state index in [-0.39, 0.29) is 5.75 Å². The monoisotopic (exact) mass is 298 g/mol. The topological polar surface area (TPSA) is 75.2 Å². The molecule has 1 aliphatic heterocycles. The van der Waals surface area contributed by atoms with E-state index in [9.17, 15) is 8.42 Å². The van der Waals surface area contributed by atoms with Gasteiger partial charge in [0.2, 0.25) is 0 Å². The van der Waals surface area contributed by atoms with E-state index < -0.39 is 9.84 Å². The Bertz CT molecular complexity index is 506. The van der Waals surface area contributed by atoms with Gasteiger partial charge in [0, 0.05) is 31.6 Å². The standard InChI is InChI=1S/C13H22N4O2S/c1-20(18,19)10-4-7-14-11-12-5-3-9-17(12)13-6-2-8-15-16-13/h2,6,8,12,14H,3-5,7,9-11H2,1H3/t12-/m0/s1. The third-order valence-electron chi connectivity index (χ3n) is 3.48. The van der Waals surface area contributed by atoms with Crippen LogP contribution in [0.25, 0.3) is 0 Å². The Balaban J connectivity index is 1.75. The molecule has 6 nitrogen and oxygen atoms in total. The maximum absolute atomic E-state index is 11.0. The van der Waals surface area contributed by atoms with Gasteiger partial charge in [-0.3, -0.25) is 0 Å². The zero-order chi connectivity index (χ0) is 14.4. The van der Waals surface area contributed by atoms with Crippen LogP contribution in [-0.2, 0) is 9.84 Å². The van der Waals surface area contributed by atoms with Crippen molar-refractivity contribution in [3.63, 3.8) is 0 Å². The summed E-state index contributed by atoms with van der Waals surface area (Å²) in [7, 11) is -2.85. The summed E-state index contributed by atoms with van der Waals surface area (Å²) in [6, 6.07) is 4.30. The van der Waals surface area contributed by atoms with Crippen molar-refractivity contribution in [3.8, 4) is 0 Å². The number of sulfone groups is 1. The SMILES string of the molecule is CS(=O)(=O)CCCNC[C@@H]1CCCN1c1cccnn1. The van der Waals surface area contributed by atoms with Crippen molar-refractivity contribution in [2.45, 2.75) is 25.3 Å². The quantitative estimate of drug-likeness (QED) is 0.738. The third-order valence-corrected chi connectivity index (χ3v) is 4.51. The van der Waals surface area contributed by atoms with Crippen molar-refractivity contribution in [2.24, 2.45) is 0 Å². The summed E-state index contributed by atoms with van der Waals surface area (Å²) in [6.45, 7) is 2.60. The molecule has 0 saturated carbocycles.